The smallest absolute Gasteiger partial charge is 0.163 e. The third kappa shape index (κ3) is 1.54. The molecule has 0 fully saturated rings. The van der Waals surface area contributed by atoms with Crippen LogP contribution in [0.3, 0.4) is 0 Å². The molecule has 0 aliphatic rings. The molecule has 6 nitrogen and oxygen atoms in total. The molecule has 0 bridgehead atoms. The SMILES string of the molecule is COc1ccc(N)c(OC)c1-c1ncn[nH]1. The number of nitrogens with zero attached hydrogens (tertiary/aromatic N) is 2. The van der Waals surface area contributed by atoms with Crippen LogP contribution in [0.4, 0.5) is 5.69 Å². The van der Waals surface area contributed by atoms with Gasteiger partial charge in [-0.1, -0.05) is 0 Å². The van der Waals surface area contributed by atoms with Gasteiger partial charge in [-0.05, 0) is 12.1 Å². The van der Waals surface area contributed by atoms with Crippen molar-refractivity contribution in [3.05, 3.63) is 18.5 Å². The second-order valence-electron chi connectivity index (χ2n) is 3.10. The van der Waals surface area contributed by atoms with E-state index in [1.807, 2.05) is 0 Å². The van der Waals surface area contributed by atoms with Crippen LogP contribution in [0.2, 0.25) is 0 Å². The number of benzene rings is 1. The molecule has 6 heteroatoms. The molecule has 1 aromatic heterocycles. The summed E-state index contributed by atoms with van der Waals surface area (Å²) in [6.45, 7) is 0. The lowest BCUT2D eigenvalue weighted by Crippen LogP contribution is -1.98. The van der Waals surface area contributed by atoms with Crippen molar-refractivity contribution in [2.75, 3.05) is 20.0 Å². The Kier molecular flexibility index (Phi) is 2.63. The average molecular weight is 220 g/mol. The first-order chi connectivity index (χ1) is 7.77. The average Bonchev–Trinajstić information content (AvgIpc) is 2.81. The van der Waals surface area contributed by atoms with E-state index in [1.165, 1.54) is 6.33 Å². The van der Waals surface area contributed by atoms with Crippen LogP contribution in [-0.2, 0) is 0 Å². The van der Waals surface area contributed by atoms with E-state index in [0.29, 0.717) is 28.6 Å². The van der Waals surface area contributed by atoms with Crippen molar-refractivity contribution < 1.29 is 9.47 Å². The third-order valence-corrected chi connectivity index (χ3v) is 2.23. The number of anilines is 1. The summed E-state index contributed by atoms with van der Waals surface area (Å²) < 4.78 is 10.5. The second-order valence-corrected chi connectivity index (χ2v) is 3.10. The van der Waals surface area contributed by atoms with Crippen molar-refractivity contribution in [1.29, 1.82) is 0 Å². The first kappa shape index (κ1) is 10.3. The zero-order valence-corrected chi connectivity index (χ0v) is 9.02. The highest BCUT2D eigenvalue weighted by Crippen LogP contribution is 2.40. The van der Waals surface area contributed by atoms with Crippen molar-refractivity contribution in [2.24, 2.45) is 0 Å². The molecule has 3 N–H and O–H groups in total. The number of hydrogen-bond donors (Lipinski definition) is 2. The molecule has 0 radical (unpaired) electrons. The zero-order valence-electron chi connectivity index (χ0n) is 9.02. The van der Waals surface area contributed by atoms with Gasteiger partial charge in [-0.15, -0.1) is 0 Å². The molecule has 0 spiro atoms. The number of aromatic nitrogens is 3. The highest BCUT2D eigenvalue weighted by Gasteiger charge is 2.17. The summed E-state index contributed by atoms with van der Waals surface area (Å²) in [5, 5.41) is 6.54. The minimum absolute atomic E-state index is 0.523. The Morgan fingerprint density at radius 3 is 2.62 bits per heavy atom. The molecule has 0 aliphatic carbocycles. The van der Waals surface area contributed by atoms with E-state index in [4.69, 9.17) is 15.2 Å². The number of ether oxygens (including phenoxy) is 2. The van der Waals surface area contributed by atoms with E-state index < -0.39 is 0 Å². The van der Waals surface area contributed by atoms with Gasteiger partial charge < -0.3 is 15.2 Å². The Bertz CT molecular complexity index is 482. The highest BCUT2D eigenvalue weighted by molar-refractivity contribution is 5.78. The van der Waals surface area contributed by atoms with Crippen LogP contribution >= 0.6 is 0 Å². The number of aromatic amines is 1. The maximum Gasteiger partial charge on any atom is 0.163 e. The number of nitrogen functional groups attached to an aromatic ring is 1. The zero-order chi connectivity index (χ0) is 11.5. The molecule has 2 aromatic rings. The Hall–Kier alpha value is -2.24. The van der Waals surface area contributed by atoms with Gasteiger partial charge in [-0.2, -0.15) is 5.10 Å². The van der Waals surface area contributed by atoms with Crippen LogP contribution in [-0.4, -0.2) is 29.4 Å². The number of rotatable bonds is 3. The molecule has 84 valence electrons. The summed E-state index contributed by atoms with van der Waals surface area (Å²) in [6.07, 6.45) is 1.41. The molecule has 1 aromatic carbocycles. The maximum absolute atomic E-state index is 5.82. The van der Waals surface area contributed by atoms with Crippen LogP contribution in [0.15, 0.2) is 18.5 Å². The topological polar surface area (TPSA) is 86.1 Å². The third-order valence-electron chi connectivity index (χ3n) is 2.23. The number of hydrogen-bond acceptors (Lipinski definition) is 5. The molecule has 0 aliphatic heterocycles. The molecule has 16 heavy (non-hydrogen) atoms. The fourth-order valence-electron chi connectivity index (χ4n) is 1.52. The predicted molar refractivity (Wildman–Crippen MR) is 59.3 cm³/mol. The lowest BCUT2D eigenvalue weighted by Gasteiger charge is -2.12. The Morgan fingerprint density at radius 1 is 1.25 bits per heavy atom. The molecular weight excluding hydrogens is 208 g/mol. The second kappa shape index (κ2) is 4.09. The van der Waals surface area contributed by atoms with Gasteiger partial charge in [0.05, 0.1) is 19.9 Å². The molecule has 1 heterocycles. The van der Waals surface area contributed by atoms with Gasteiger partial charge in [0.1, 0.15) is 17.6 Å². The van der Waals surface area contributed by atoms with Gasteiger partial charge in [0.25, 0.3) is 0 Å². The largest absolute Gasteiger partial charge is 0.496 e. The van der Waals surface area contributed by atoms with E-state index in [9.17, 15) is 0 Å². The molecule has 0 saturated carbocycles. The summed E-state index contributed by atoms with van der Waals surface area (Å²) in [6, 6.07) is 3.48. The fourth-order valence-corrected chi connectivity index (χ4v) is 1.52. The summed E-state index contributed by atoms with van der Waals surface area (Å²) in [5.74, 6) is 1.71. The molecular formula is C10H12N4O2. The van der Waals surface area contributed by atoms with E-state index in [1.54, 1.807) is 26.4 Å². The van der Waals surface area contributed by atoms with Crippen molar-refractivity contribution in [3.63, 3.8) is 0 Å². The minimum Gasteiger partial charge on any atom is -0.496 e. The van der Waals surface area contributed by atoms with Gasteiger partial charge in [-0.3, -0.25) is 5.10 Å². The van der Waals surface area contributed by atoms with Gasteiger partial charge in [0.2, 0.25) is 0 Å². The van der Waals surface area contributed by atoms with Gasteiger partial charge >= 0.3 is 0 Å². The Balaban J connectivity index is 2.68. The first-order valence-electron chi connectivity index (χ1n) is 4.64. The molecule has 2 rings (SSSR count). The van der Waals surface area contributed by atoms with Crippen molar-refractivity contribution in [2.45, 2.75) is 0 Å². The van der Waals surface area contributed by atoms with Crippen molar-refractivity contribution in [3.8, 4) is 22.9 Å². The summed E-state index contributed by atoms with van der Waals surface area (Å²) in [4.78, 5) is 4.06. The normalized spacial score (nSPS) is 10.1. The lowest BCUT2D eigenvalue weighted by molar-refractivity contribution is 0.398. The van der Waals surface area contributed by atoms with Gasteiger partial charge in [0.15, 0.2) is 11.6 Å². The number of nitrogens with one attached hydrogen (secondary N) is 1. The van der Waals surface area contributed by atoms with Crippen LogP contribution in [0.5, 0.6) is 11.5 Å². The van der Waals surface area contributed by atoms with Crippen molar-refractivity contribution in [1.82, 2.24) is 15.2 Å². The van der Waals surface area contributed by atoms with E-state index in [-0.39, 0.29) is 0 Å². The molecule has 0 saturated heterocycles. The summed E-state index contributed by atoms with van der Waals surface area (Å²) in [5.41, 5.74) is 7.01. The Labute approximate surface area is 92.4 Å². The standard InChI is InChI=1S/C10H12N4O2/c1-15-7-4-3-6(11)9(16-2)8(7)10-12-5-13-14-10/h3-5H,11H2,1-2H3,(H,12,13,14). The summed E-state index contributed by atoms with van der Waals surface area (Å²) in [7, 11) is 3.12. The minimum atomic E-state index is 0.523. The summed E-state index contributed by atoms with van der Waals surface area (Å²) >= 11 is 0. The van der Waals surface area contributed by atoms with Crippen molar-refractivity contribution >= 4 is 5.69 Å². The number of nitrogens with two attached hydrogens (primary N) is 1. The van der Waals surface area contributed by atoms with Crippen LogP contribution in [0, 0.1) is 0 Å². The number of H-pyrrole nitrogens is 1. The predicted octanol–water partition coefficient (Wildman–Crippen LogP) is 1.07. The van der Waals surface area contributed by atoms with E-state index >= 15 is 0 Å². The monoisotopic (exact) mass is 220 g/mol. The fraction of sp³-hybridized carbons (Fsp3) is 0.200. The van der Waals surface area contributed by atoms with Gasteiger partial charge in [-0.25, -0.2) is 4.98 Å². The van der Waals surface area contributed by atoms with Crippen LogP contribution in [0.1, 0.15) is 0 Å². The lowest BCUT2D eigenvalue weighted by atomic mass is 10.1. The quantitative estimate of drug-likeness (QED) is 0.755. The maximum atomic E-state index is 5.82. The molecule has 0 amide bonds. The molecule has 0 atom stereocenters. The number of methoxy groups -OCH3 is 2. The highest BCUT2D eigenvalue weighted by atomic mass is 16.5. The van der Waals surface area contributed by atoms with Crippen LogP contribution < -0.4 is 15.2 Å². The first-order valence-corrected chi connectivity index (χ1v) is 4.64. The van der Waals surface area contributed by atoms with Crippen LogP contribution in [0.25, 0.3) is 11.4 Å². The van der Waals surface area contributed by atoms with Gasteiger partial charge in [0, 0.05) is 0 Å². The van der Waals surface area contributed by atoms with E-state index in [2.05, 4.69) is 15.2 Å². The van der Waals surface area contributed by atoms with E-state index in [0.717, 1.165) is 0 Å². The Morgan fingerprint density at radius 2 is 2.06 bits per heavy atom. The molecule has 0 unspecified atom stereocenters.